The van der Waals surface area contributed by atoms with E-state index < -0.39 is 6.04 Å². The quantitative estimate of drug-likeness (QED) is 0.477. The van der Waals surface area contributed by atoms with E-state index in [2.05, 4.69) is 22.5 Å². The van der Waals surface area contributed by atoms with Gasteiger partial charge in [-0.1, -0.05) is 18.2 Å². The molecule has 7 nitrogen and oxygen atoms in total. The van der Waals surface area contributed by atoms with Gasteiger partial charge in [0.05, 0.1) is 23.8 Å². The van der Waals surface area contributed by atoms with Crippen LogP contribution in [0, 0.1) is 30.6 Å². The van der Waals surface area contributed by atoms with Crippen LogP contribution in [0.2, 0.25) is 0 Å². The van der Waals surface area contributed by atoms with Crippen LogP contribution in [0.25, 0.3) is 10.9 Å². The molecule has 3 amide bonds. The van der Waals surface area contributed by atoms with Crippen molar-refractivity contribution in [2.75, 3.05) is 5.32 Å². The number of aromatic nitrogens is 1. The van der Waals surface area contributed by atoms with Crippen LogP contribution in [-0.4, -0.2) is 27.6 Å². The number of carbonyl (C=O) groups excluding carboxylic acids is 3. The van der Waals surface area contributed by atoms with E-state index in [9.17, 15) is 14.4 Å². The Bertz CT molecular complexity index is 1300. The molecule has 1 aromatic carbocycles. The number of benzene rings is 1. The van der Waals surface area contributed by atoms with Crippen LogP contribution in [0.5, 0.6) is 0 Å². The fourth-order valence-electron chi connectivity index (χ4n) is 5.73. The summed E-state index contributed by atoms with van der Waals surface area (Å²) in [6.07, 6.45) is 6.64. The number of nitrogens with one attached hydrogen (secondary N) is 1. The van der Waals surface area contributed by atoms with Crippen LogP contribution < -0.4 is 5.32 Å². The number of likely N-dealkylation sites (tertiary alicyclic amines) is 1. The van der Waals surface area contributed by atoms with Gasteiger partial charge >= 0.3 is 0 Å². The van der Waals surface area contributed by atoms with Crippen molar-refractivity contribution in [3.63, 3.8) is 0 Å². The standard InChI is InChI=1S/C26H23N3O4/c1-14-4-9-21(33-14)20(29-25(31)23-16-5-6-17(11-16)24(23)26(29)32)13-22(30)28-18-7-8-19-15(12-18)3-2-10-27-19/h2-10,12,16-17,20,23-24H,11,13H2,1H3,(H,28,30). The lowest BCUT2D eigenvalue weighted by molar-refractivity contribution is -0.144. The van der Waals surface area contributed by atoms with E-state index in [1.807, 2.05) is 24.3 Å². The maximum absolute atomic E-state index is 13.4. The zero-order valence-corrected chi connectivity index (χ0v) is 18.1. The molecular weight excluding hydrogens is 418 g/mol. The molecule has 2 aromatic heterocycles. The van der Waals surface area contributed by atoms with Crippen molar-refractivity contribution in [2.24, 2.45) is 23.7 Å². The number of furan rings is 1. The molecule has 3 heterocycles. The number of pyridine rings is 1. The maximum Gasteiger partial charge on any atom is 0.234 e. The summed E-state index contributed by atoms with van der Waals surface area (Å²) in [6, 6.07) is 12.0. The third kappa shape index (κ3) is 3.18. The molecule has 1 saturated carbocycles. The number of hydrogen-bond donors (Lipinski definition) is 1. The van der Waals surface area contributed by atoms with Gasteiger partial charge in [-0.3, -0.25) is 24.3 Å². The van der Waals surface area contributed by atoms with Crippen molar-refractivity contribution in [3.8, 4) is 0 Å². The van der Waals surface area contributed by atoms with E-state index in [1.54, 1.807) is 31.3 Å². The third-order valence-corrected chi connectivity index (χ3v) is 7.17. The topological polar surface area (TPSA) is 92.5 Å². The Balaban J connectivity index is 1.28. The molecule has 3 aromatic rings. The molecule has 3 aliphatic rings. The predicted molar refractivity (Wildman–Crippen MR) is 121 cm³/mol. The first-order valence-corrected chi connectivity index (χ1v) is 11.3. The lowest BCUT2D eigenvalue weighted by Gasteiger charge is -2.26. The first kappa shape index (κ1) is 19.9. The zero-order chi connectivity index (χ0) is 22.7. The molecule has 5 unspecified atom stereocenters. The summed E-state index contributed by atoms with van der Waals surface area (Å²) in [5, 5.41) is 3.82. The number of allylic oxidation sites excluding steroid dienone is 2. The molecule has 2 aliphatic carbocycles. The average molecular weight is 441 g/mol. The largest absolute Gasteiger partial charge is 0.464 e. The Morgan fingerprint density at radius 2 is 1.88 bits per heavy atom. The SMILES string of the molecule is Cc1ccc(C(CC(=O)Nc2ccc3ncccc3c2)N2C(=O)C3C4C=CC(C4)C3C2=O)o1. The van der Waals surface area contributed by atoms with Crippen LogP contribution in [0.3, 0.4) is 0 Å². The Kier molecular flexibility index (Phi) is 4.47. The number of carbonyl (C=O) groups is 3. The monoisotopic (exact) mass is 441 g/mol. The molecule has 2 bridgehead atoms. The number of fused-ring (bicyclic) bond motifs is 6. The van der Waals surface area contributed by atoms with Gasteiger partial charge in [0, 0.05) is 17.3 Å². The summed E-state index contributed by atoms with van der Waals surface area (Å²) in [5.41, 5.74) is 1.47. The van der Waals surface area contributed by atoms with E-state index in [0.717, 1.165) is 17.3 Å². The van der Waals surface area contributed by atoms with Crippen LogP contribution in [0.1, 0.15) is 30.4 Å². The highest BCUT2D eigenvalue weighted by molar-refractivity contribution is 6.07. The molecule has 0 spiro atoms. The molecule has 1 N–H and O–H groups in total. The number of rotatable bonds is 5. The summed E-state index contributed by atoms with van der Waals surface area (Å²) in [4.78, 5) is 45.4. The molecule has 5 atom stereocenters. The van der Waals surface area contributed by atoms with Crippen LogP contribution in [0.15, 0.2) is 65.2 Å². The van der Waals surface area contributed by atoms with Crippen molar-refractivity contribution in [1.29, 1.82) is 0 Å². The Hall–Kier alpha value is -3.74. The van der Waals surface area contributed by atoms with Gasteiger partial charge in [0.25, 0.3) is 0 Å². The molecule has 1 saturated heterocycles. The minimum atomic E-state index is -0.772. The van der Waals surface area contributed by atoms with Crippen molar-refractivity contribution in [3.05, 3.63) is 72.3 Å². The Labute approximate surface area is 190 Å². The van der Waals surface area contributed by atoms with Gasteiger partial charge in [-0.05, 0) is 61.6 Å². The van der Waals surface area contributed by atoms with Crippen LogP contribution >= 0.6 is 0 Å². The van der Waals surface area contributed by atoms with Gasteiger partial charge in [0.2, 0.25) is 17.7 Å². The predicted octanol–water partition coefficient (Wildman–Crippen LogP) is 4.01. The number of amides is 3. The second kappa shape index (κ2) is 7.40. The average Bonchev–Trinajstić information content (AvgIpc) is 3.57. The van der Waals surface area contributed by atoms with Crippen LogP contribution in [0.4, 0.5) is 5.69 Å². The van der Waals surface area contributed by atoms with Crippen molar-refractivity contribution in [2.45, 2.75) is 25.8 Å². The van der Waals surface area contributed by atoms with Crippen molar-refractivity contribution >= 4 is 34.3 Å². The minimum absolute atomic E-state index is 0.0717. The van der Waals surface area contributed by atoms with Gasteiger partial charge in [-0.15, -0.1) is 0 Å². The lowest BCUT2D eigenvalue weighted by atomic mass is 9.85. The van der Waals surface area contributed by atoms with Gasteiger partial charge in [-0.25, -0.2) is 0 Å². The van der Waals surface area contributed by atoms with E-state index in [0.29, 0.717) is 17.2 Å². The van der Waals surface area contributed by atoms with E-state index in [-0.39, 0.29) is 47.8 Å². The normalized spacial score (nSPS) is 26.3. The lowest BCUT2D eigenvalue weighted by Crippen LogP contribution is -2.38. The maximum atomic E-state index is 13.4. The molecule has 0 radical (unpaired) electrons. The van der Waals surface area contributed by atoms with Gasteiger partial charge in [-0.2, -0.15) is 0 Å². The third-order valence-electron chi connectivity index (χ3n) is 7.17. The summed E-state index contributed by atoms with van der Waals surface area (Å²) in [6.45, 7) is 1.80. The molecule has 33 heavy (non-hydrogen) atoms. The number of hydrogen-bond acceptors (Lipinski definition) is 5. The van der Waals surface area contributed by atoms with E-state index in [4.69, 9.17) is 4.42 Å². The molecule has 166 valence electrons. The van der Waals surface area contributed by atoms with Gasteiger partial charge in [0.1, 0.15) is 17.6 Å². The number of anilines is 1. The Morgan fingerprint density at radius 1 is 1.12 bits per heavy atom. The highest BCUT2D eigenvalue weighted by Gasteiger charge is 2.60. The number of imide groups is 1. The van der Waals surface area contributed by atoms with Crippen LogP contribution in [-0.2, 0) is 14.4 Å². The van der Waals surface area contributed by atoms with Crippen molar-refractivity contribution in [1.82, 2.24) is 9.88 Å². The summed E-state index contributed by atoms with van der Waals surface area (Å²) in [5.74, 6) is 0.0305. The first-order chi connectivity index (χ1) is 16.0. The fraction of sp³-hybridized carbons (Fsp3) is 0.308. The fourth-order valence-corrected chi connectivity index (χ4v) is 5.73. The van der Waals surface area contributed by atoms with Gasteiger partial charge < -0.3 is 9.73 Å². The highest BCUT2D eigenvalue weighted by Crippen LogP contribution is 2.54. The molecular formula is C26H23N3O4. The second-order valence-corrected chi connectivity index (χ2v) is 9.17. The molecule has 1 aliphatic heterocycles. The second-order valence-electron chi connectivity index (χ2n) is 9.17. The zero-order valence-electron chi connectivity index (χ0n) is 18.1. The summed E-state index contributed by atoms with van der Waals surface area (Å²) < 4.78 is 5.80. The smallest absolute Gasteiger partial charge is 0.234 e. The van der Waals surface area contributed by atoms with Crippen molar-refractivity contribution < 1.29 is 18.8 Å². The van der Waals surface area contributed by atoms with E-state index in [1.165, 1.54) is 4.90 Å². The number of aryl methyl sites for hydroxylation is 1. The summed E-state index contributed by atoms with van der Waals surface area (Å²) >= 11 is 0. The van der Waals surface area contributed by atoms with E-state index >= 15 is 0 Å². The first-order valence-electron chi connectivity index (χ1n) is 11.3. The molecule has 6 rings (SSSR count). The minimum Gasteiger partial charge on any atom is -0.464 e. The highest BCUT2D eigenvalue weighted by atomic mass is 16.3. The Morgan fingerprint density at radius 3 is 2.58 bits per heavy atom. The molecule has 2 fully saturated rings. The summed E-state index contributed by atoms with van der Waals surface area (Å²) in [7, 11) is 0. The van der Waals surface area contributed by atoms with Gasteiger partial charge in [0.15, 0.2) is 0 Å². The molecule has 7 heteroatoms. The number of nitrogens with zero attached hydrogens (tertiary/aromatic N) is 2.